The van der Waals surface area contributed by atoms with Crippen LogP contribution in [0, 0.1) is 5.92 Å². The first-order chi connectivity index (χ1) is 12.7. The maximum atomic E-state index is 12.7. The van der Waals surface area contributed by atoms with Crippen LogP contribution in [0.25, 0.3) is 0 Å². The average Bonchev–Trinajstić information content (AvgIpc) is 3.10. The third kappa shape index (κ3) is 3.58. The molecular weight excluding hydrogens is 326 g/mol. The van der Waals surface area contributed by atoms with Gasteiger partial charge in [0.25, 0.3) is 5.56 Å². The Morgan fingerprint density at radius 3 is 2.73 bits per heavy atom. The van der Waals surface area contributed by atoms with E-state index in [1.807, 2.05) is 36.4 Å². The minimum Gasteiger partial charge on any atom is -0.320 e. The summed E-state index contributed by atoms with van der Waals surface area (Å²) in [7, 11) is 0. The molecule has 2 fully saturated rings. The van der Waals surface area contributed by atoms with E-state index < -0.39 is 0 Å². The van der Waals surface area contributed by atoms with Crippen molar-refractivity contribution in [2.75, 3.05) is 5.32 Å². The van der Waals surface area contributed by atoms with Crippen LogP contribution in [0.3, 0.4) is 0 Å². The molecule has 3 atom stereocenters. The Kier molecular flexibility index (Phi) is 4.89. The second kappa shape index (κ2) is 7.46. The molecule has 0 spiro atoms. The van der Waals surface area contributed by atoms with Gasteiger partial charge in [-0.05, 0) is 42.9 Å². The van der Waals surface area contributed by atoms with E-state index in [1.54, 1.807) is 16.8 Å². The molecule has 2 aliphatic rings. The molecule has 0 radical (unpaired) electrons. The molecule has 2 aromatic rings. The standard InChI is InChI=1S/C21H25N3O2/c25-20(19-13-16-9-4-5-10-17(16)22-19)23-18-11-6-12-24(21(18)26)14-15-7-2-1-3-8-15/h1-3,6-8,11-12,16-17,19,22H,4-5,9-10,13-14H2,(H,23,25). The number of pyridine rings is 1. The normalized spacial score (nSPS) is 24.8. The second-order valence-corrected chi connectivity index (χ2v) is 7.44. The van der Waals surface area contributed by atoms with E-state index in [0.717, 1.165) is 18.4 Å². The third-order valence-corrected chi connectivity index (χ3v) is 5.65. The van der Waals surface area contributed by atoms with E-state index in [9.17, 15) is 9.59 Å². The van der Waals surface area contributed by atoms with Crippen LogP contribution in [0.5, 0.6) is 0 Å². The van der Waals surface area contributed by atoms with E-state index in [0.29, 0.717) is 24.2 Å². The number of rotatable bonds is 4. The molecule has 2 heterocycles. The summed E-state index contributed by atoms with van der Waals surface area (Å²) in [6.45, 7) is 0.495. The molecule has 136 valence electrons. The van der Waals surface area contributed by atoms with Crippen molar-refractivity contribution in [1.29, 1.82) is 0 Å². The number of amides is 1. The zero-order valence-electron chi connectivity index (χ0n) is 14.9. The lowest BCUT2D eigenvalue weighted by Gasteiger charge is -2.24. The summed E-state index contributed by atoms with van der Waals surface area (Å²) in [4.78, 5) is 25.4. The van der Waals surface area contributed by atoms with Gasteiger partial charge in [0.05, 0.1) is 12.6 Å². The summed E-state index contributed by atoms with van der Waals surface area (Å²) < 4.78 is 1.63. The zero-order valence-corrected chi connectivity index (χ0v) is 14.9. The first-order valence-electron chi connectivity index (χ1n) is 9.51. The molecule has 3 unspecified atom stereocenters. The molecule has 5 nitrogen and oxygen atoms in total. The summed E-state index contributed by atoms with van der Waals surface area (Å²) in [5.74, 6) is 0.513. The summed E-state index contributed by atoms with van der Waals surface area (Å²) in [6, 6.07) is 13.6. The highest BCUT2D eigenvalue weighted by Crippen LogP contribution is 2.33. The largest absolute Gasteiger partial charge is 0.320 e. The molecule has 1 aromatic heterocycles. The smallest absolute Gasteiger partial charge is 0.274 e. The van der Waals surface area contributed by atoms with Gasteiger partial charge in [0.15, 0.2) is 0 Å². The van der Waals surface area contributed by atoms with Gasteiger partial charge in [-0.15, -0.1) is 0 Å². The van der Waals surface area contributed by atoms with Crippen LogP contribution in [0.1, 0.15) is 37.7 Å². The number of hydrogen-bond donors (Lipinski definition) is 2. The topological polar surface area (TPSA) is 63.1 Å². The van der Waals surface area contributed by atoms with E-state index in [4.69, 9.17) is 0 Å². The monoisotopic (exact) mass is 351 g/mol. The van der Waals surface area contributed by atoms with Gasteiger partial charge in [0.2, 0.25) is 5.91 Å². The first kappa shape index (κ1) is 17.0. The van der Waals surface area contributed by atoms with Gasteiger partial charge in [-0.25, -0.2) is 0 Å². The number of nitrogens with zero attached hydrogens (tertiary/aromatic N) is 1. The number of benzene rings is 1. The lowest BCUT2D eigenvalue weighted by Crippen LogP contribution is -2.41. The van der Waals surface area contributed by atoms with Gasteiger partial charge in [-0.2, -0.15) is 0 Å². The maximum absolute atomic E-state index is 12.7. The van der Waals surface area contributed by atoms with Crippen molar-refractivity contribution >= 4 is 11.6 Å². The van der Waals surface area contributed by atoms with Gasteiger partial charge < -0.3 is 15.2 Å². The van der Waals surface area contributed by atoms with Crippen molar-refractivity contribution in [3.8, 4) is 0 Å². The van der Waals surface area contributed by atoms with Crippen LogP contribution in [-0.4, -0.2) is 22.6 Å². The molecular formula is C21H25N3O2. The fraction of sp³-hybridized carbons (Fsp3) is 0.429. The number of anilines is 1. The number of carbonyl (C=O) groups excluding carboxylic acids is 1. The third-order valence-electron chi connectivity index (χ3n) is 5.65. The van der Waals surface area contributed by atoms with Crippen LogP contribution in [0.2, 0.25) is 0 Å². The highest BCUT2D eigenvalue weighted by molar-refractivity contribution is 5.94. The Bertz CT molecular complexity index is 817. The number of hydrogen-bond acceptors (Lipinski definition) is 3. The Morgan fingerprint density at radius 1 is 1.12 bits per heavy atom. The summed E-state index contributed by atoms with van der Waals surface area (Å²) in [5.41, 5.74) is 1.24. The maximum Gasteiger partial charge on any atom is 0.274 e. The van der Waals surface area contributed by atoms with Crippen LogP contribution >= 0.6 is 0 Å². The lowest BCUT2D eigenvalue weighted by atomic mass is 9.85. The molecule has 1 amide bonds. The number of nitrogens with one attached hydrogen (secondary N) is 2. The van der Waals surface area contributed by atoms with Crippen LogP contribution in [-0.2, 0) is 11.3 Å². The summed E-state index contributed by atoms with van der Waals surface area (Å²) in [5, 5.41) is 6.32. The fourth-order valence-corrected chi connectivity index (χ4v) is 4.28. The molecule has 4 rings (SSSR count). The highest BCUT2D eigenvalue weighted by atomic mass is 16.2. The van der Waals surface area contributed by atoms with Crippen molar-refractivity contribution in [3.63, 3.8) is 0 Å². The Labute approximate surface area is 153 Å². The van der Waals surface area contributed by atoms with Crippen molar-refractivity contribution < 1.29 is 4.79 Å². The molecule has 1 aliphatic carbocycles. The van der Waals surface area contributed by atoms with E-state index in [-0.39, 0.29) is 17.5 Å². The SMILES string of the molecule is O=C(Nc1cccn(Cc2ccccc2)c1=O)C1CC2CCCCC2N1. The van der Waals surface area contributed by atoms with E-state index in [1.165, 1.54) is 19.3 Å². The number of fused-ring (bicyclic) bond motifs is 1. The Balaban J connectivity index is 1.46. The second-order valence-electron chi connectivity index (χ2n) is 7.44. The van der Waals surface area contributed by atoms with Gasteiger partial charge in [-0.3, -0.25) is 9.59 Å². The van der Waals surface area contributed by atoms with Crippen LogP contribution in [0.4, 0.5) is 5.69 Å². The first-order valence-corrected chi connectivity index (χ1v) is 9.51. The van der Waals surface area contributed by atoms with Crippen molar-refractivity contribution in [3.05, 3.63) is 64.6 Å². The molecule has 26 heavy (non-hydrogen) atoms. The highest BCUT2D eigenvalue weighted by Gasteiger charge is 2.38. The van der Waals surface area contributed by atoms with Gasteiger partial charge in [0, 0.05) is 12.2 Å². The summed E-state index contributed by atoms with van der Waals surface area (Å²) in [6.07, 6.45) is 7.50. The van der Waals surface area contributed by atoms with Gasteiger partial charge in [-0.1, -0.05) is 43.2 Å². The summed E-state index contributed by atoms with van der Waals surface area (Å²) >= 11 is 0. The Morgan fingerprint density at radius 2 is 1.92 bits per heavy atom. The number of carbonyl (C=O) groups is 1. The molecule has 1 saturated carbocycles. The molecule has 1 saturated heterocycles. The van der Waals surface area contributed by atoms with Crippen LogP contribution < -0.4 is 16.2 Å². The van der Waals surface area contributed by atoms with Gasteiger partial charge >= 0.3 is 0 Å². The predicted octanol–water partition coefficient (Wildman–Crippen LogP) is 2.76. The number of aromatic nitrogens is 1. The minimum atomic E-state index is -0.190. The quantitative estimate of drug-likeness (QED) is 0.890. The molecule has 1 aliphatic heterocycles. The Hall–Kier alpha value is -2.40. The van der Waals surface area contributed by atoms with Crippen molar-refractivity contribution in [2.45, 2.75) is 50.7 Å². The van der Waals surface area contributed by atoms with E-state index in [2.05, 4.69) is 10.6 Å². The van der Waals surface area contributed by atoms with Gasteiger partial charge in [0.1, 0.15) is 5.69 Å². The zero-order chi connectivity index (χ0) is 17.9. The predicted molar refractivity (Wildman–Crippen MR) is 102 cm³/mol. The van der Waals surface area contributed by atoms with Crippen molar-refractivity contribution in [2.24, 2.45) is 5.92 Å². The molecule has 1 aromatic carbocycles. The lowest BCUT2D eigenvalue weighted by molar-refractivity contribution is -0.117. The molecule has 2 N–H and O–H groups in total. The van der Waals surface area contributed by atoms with Crippen LogP contribution in [0.15, 0.2) is 53.5 Å². The van der Waals surface area contributed by atoms with Crippen molar-refractivity contribution in [1.82, 2.24) is 9.88 Å². The average molecular weight is 351 g/mol. The molecule has 0 bridgehead atoms. The fourth-order valence-electron chi connectivity index (χ4n) is 4.28. The minimum absolute atomic E-state index is 0.0889. The molecule has 5 heteroatoms. The van der Waals surface area contributed by atoms with E-state index >= 15 is 0 Å².